The molecule has 1 aromatic carbocycles. The Morgan fingerprint density at radius 3 is 2.62 bits per heavy atom. The molecule has 16 heavy (non-hydrogen) atoms. The Kier molecular flexibility index (Phi) is 6.42. The highest BCUT2D eigenvalue weighted by molar-refractivity contribution is 5.51. The lowest BCUT2D eigenvalue weighted by Crippen LogP contribution is -2.08. The highest BCUT2D eigenvalue weighted by Gasteiger charge is 1.97. The summed E-state index contributed by atoms with van der Waals surface area (Å²) >= 11 is 0. The van der Waals surface area contributed by atoms with Crippen molar-refractivity contribution in [2.75, 3.05) is 25.6 Å². The molecule has 1 rings (SSSR count). The number of hydrogen-bond acceptors (Lipinski definition) is 3. The van der Waals surface area contributed by atoms with Gasteiger partial charge >= 0.3 is 0 Å². The molecule has 3 nitrogen and oxygen atoms in total. The van der Waals surface area contributed by atoms with Crippen LogP contribution in [0.15, 0.2) is 24.3 Å². The van der Waals surface area contributed by atoms with Crippen molar-refractivity contribution in [3.05, 3.63) is 24.3 Å². The maximum atomic E-state index is 5.74. The molecule has 0 aliphatic rings. The quantitative estimate of drug-likeness (QED) is 0.544. The molecule has 1 aromatic rings. The standard InChI is InChI=1S/C13H21NO2/c1-2-3-6-9-15-10-11-16-13-8-5-4-7-12(13)14/h4-5,7-8H,2-3,6,9-11,14H2,1H3. The topological polar surface area (TPSA) is 44.5 Å². The second-order valence-electron chi connectivity index (χ2n) is 3.71. The summed E-state index contributed by atoms with van der Waals surface area (Å²) in [5, 5.41) is 0. The largest absolute Gasteiger partial charge is 0.489 e. The summed E-state index contributed by atoms with van der Waals surface area (Å²) in [5.41, 5.74) is 6.41. The van der Waals surface area contributed by atoms with Crippen molar-refractivity contribution >= 4 is 5.69 Å². The molecule has 0 unspecified atom stereocenters. The number of anilines is 1. The first kappa shape index (κ1) is 12.8. The Morgan fingerprint density at radius 1 is 1.06 bits per heavy atom. The highest BCUT2D eigenvalue weighted by Crippen LogP contribution is 2.19. The van der Waals surface area contributed by atoms with Crippen molar-refractivity contribution in [1.82, 2.24) is 0 Å². The van der Waals surface area contributed by atoms with Crippen LogP contribution in [0.25, 0.3) is 0 Å². The monoisotopic (exact) mass is 223 g/mol. The van der Waals surface area contributed by atoms with Crippen molar-refractivity contribution in [2.24, 2.45) is 0 Å². The molecule has 0 amide bonds. The predicted molar refractivity (Wildman–Crippen MR) is 66.7 cm³/mol. The van der Waals surface area contributed by atoms with Crippen LogP contribution in [-0.2, 0) is 4.74 Å². The molecule has 0 spiro atoms. The Morgan fingerprint density at radius 2 is 1.88 bits per heavy atom. The normalized spacial score (nSPS) is 10.3. The smallest absolute Gasteiger partial charge is 0.142 e. The van der Waals surface area contributed by atoms with Crippen LogP contribution in [0.4, 0.5) is 5.69 Å². The van der Waals surface area contributed by atoms with Crippen LogP contribution in [-0.4, -0.2) is 19.8 Å². The molecule has 90 valence electrons. The number of hydrogen-bond donors (Lipinski definition) is 1. The van der Waals surface area contributed by atoms with E-state index in [1.54, 1.807) is 0 Å². The van der Waals surface area contributed by atoms with Gasteiger partial charge in [0, 0.05) is 6.61 Å². The van der Waals surface area contributed by atoms with Gasteiger partial charge in [0.2, 0.25) is 0 Å². The fourth-order valence-electron chi connectivity index (χ4n) is 1.38. The number of unbranched alkanes of at least 4 members (excludes halogenated alkanes) is 2. The van der Waals surface area contributed by atoms with Gasteiger partial charge in [-0.05, 0) is 18.6 Å². The van der Waals surface area contributed by atoms with Crippen molar-refractivity contribution in [3.8, 4) is 5.75 Å². The van der Waals surface area contributed by atoms with Gasteiger partial charge in [-0.3, -0.25) is 0 Å². The van der Waals surface area contributed by atoms with Gasteiger partial charge in [-0.2, -0.15) is 0 Å². The van der Waals surface area contributed by atoms with Gasteiger partial charge in [-0.25, -0.2) is 0 Å². The van der Waals surface area contributed by atoms with E-state index in [2.05, 4.69) is 6.92 Å². The van der Waals surface area contributed by atoms with Gasteiger partial charge in [0.25, 0.3) is 0 Å². The zero-order valence-corrected chi connectivity index (χ0v) is 9.95. The molecule has 0 atom stereocenters. The van der Waals surface area contributed by atoms with Crippen LogP contribution in [0.1, 0.15) is 26.2 Å². The van der Waals surface area contributed by atoms with Gasteiger partial charge in [0.1, 0.15) is 12.4 Å². The van der Waals surface area contributed by atoms with Gasteiger partial charge in [0.15, 0.2) is 0 Å². The molecule has 0 aliphatic heterocycles. The highest BCUT2D eigenvalue weighted by atomic mass is 16.5. The van der Waals surface area contributed by atoms with Crippen LogP contribution >= 0.6 is 0 Å². The van der Waals surface area contributed by atoms with E-state index in [-0.39, 0.29) is 0 Å². The number of nitrogens with two attached hydrogens (primary N) is 1. The van der Waals surface area contributed by atoms with E-state index in [9.17, 15) is 0 Å². The maximum absolute atomic E-state index is 5.74. The predicted octanol–water partition coefficient (Wildman–Crippen LogP) is 2.85. The Labute approximate surface area is 97.6 Å². The summed E-state index contributed by atoms with van der Waals surface area (Å²) in [7, 11) is 0. The minimum Gasteiger partial charge on any atom is -0.489 e. The Balaban J connectivity index is 2.05. The van der Waals surface area contributed by atoms with Gasteiger partial charge in [-0.1, -0.05) is 31.9 Å². The molecule has 0 aromatic heterocycles. The van der Waals surface area contributed by atoms with Crippen molar-refractivity contribution in [1.29, 1.82) is 0 Å². The number of para-hydroxylation sites is 2. The van der Waals surface area contributed by atoms with Gasteiger partial charge < -0.3 is 15.2 Å². The first-order valence-electron chi connectivity index (χ1n) is 5.89. The lowest BCUT2D eigenvalue weighted by Gasteiger charge is -2.08. The summed E-state index contributed by atoms with van der Waals surface area (Å²) in [5.74, 6) is 0.736. The number of benzene rings is 1. The average Bonchev–Trinajstić information content (AvgIpc) is 2.30. The lowest BCUT2D eigenvalue weighted by molar-refractivity contribution is 0.0976. The lowest BCUT2D eigenvalue weighted by atomic mass is 10.3. The molecule has 0 heterocycles. The molecule has 0 fully saturated rings. The van der Waals surface area contributed by atoms with E-state index < -0.39 is 0 Å². The van der Waals surface area contributed by atoms with E-state index >= 15 is 0 Å². The zero-order chi connectivity index (χ0) is 11.6. The molecular weight excluding hydrogens is 202 g/mol. The SMILES string of the molecule is CCCCCOCCOc1ccccc1N. The minimum atomic E-state index is 0.556. The van der Waals surface area contributed by atoms with Crippen LogP contribution in [0.5, 0.6) is 5.75 Å². The molecule has 0 radical (unpaired) electrons. The molecule has 0 bridgehead atoms. The van der Waals surface area contributed by atoms with Crippen molar-refractivity contribution < 1.29 is 9.47 Å². The molecular formula is C13H21NO2. The van der Waals surface area contributed by atoms with E-state index in [1.807, 2.05) is 24.3 Å². The average molecular weight is 223 g/mol. The van der Waals surface area contributed by atoms with Crippen LogP contribution < -0.4 is 10.5 Å². The summed E-state index contributed by atoms with van der Waals surface area (Å²) in [6.45, 7) is 4.18. The van der Waals surface area contributed by atoms with Crippen molar-refractivity contribution in [3.63, 3.8) is 0 Å². The third kappa shape index (κ3) is 5.03. The second kappa shape index (κ2) is 7.99. The second-order valence-corrected chi connectivity index (χ2v) is 3.71. The third-order valence-corrected chi connectivity index (χ3v) is 2.30. The first-order chi connectivity index (χ1) is 7.84. The van der Waals surface area contributed by atoms with E-state index in [0.717, 1.165) is 18.8 Å². The fourth-order valence-corrected chi connectivity index (χ4v) is 1.38. The zero-order valence-electron chi connectivity index (χ0n) is 9.95. The number of ether oxygens (including phenoxy) is 2. The van der Waals surface area contributed by atoms with Crippen LogP contribution in [0.3, 0.4) is 0 Å². The van der Waals surface area contributed by atoms with Gasteiger partial charge in [-0.15, -0.1) is 0 Å². The van der Waals surface area contributed by atoms with Crippen LogP contribution in [0.2, 0.25) is 0 Å². The summed E-state index contributed by atoms with van der Waals surface area (Å²) in [6.07, 6.45) is 3.58. The van der Waals surface area contributed by atoms with E-state index in [1.165, 1.54) is 12.8 Å². The summed E-state index contributed by atoms with van der Waals surface area (Å²) < 4.78 is 10.9. The number of nitrogen functional groups attached to an aromatic ring is 1. The van der Waals surface area contributed by atoms with E-state index in [4.69, 9.17) is 15.2 Å². The molecule has 2 N–H and O–H groups in total. The molecule has 0 saturated heterocycles. The minimum absolute atomic E-state index is 0.556. The molecule has 0 saturated carbocycles. The van der Waals surface area contributed by atoms with Crippen LogP contribution in [0, 0.1) is 0 Å². The van der Waals surface area contributed by atoms with Gasteiger partial charge in [0.05, 0.1) is 12.3 Å². The first-order valence-corrected chi connectivity index (χ1v) is 5.89. The van der Waals surface area contributed by atoms with Crippen molar-refractivity contribution in [2.45, 2.75) is 26.2 Å². The summed E-state index contributed by atoms with van der Waals surface area (Å²) in [6, 6.07) is 7.50. The third-order valence-electron chi connectivity index (χ3n) is 2.30. The maximum Gasteiger partial charge on any atom is 0.142 e. The number of rotatable bonds is 8. The Hall–Kier alpha value is -1.22. The van der Waals surface area contributed by atoms with E-state index in [0.29, 0.717) is 18.9 Å². The summed E-state index contributed by atoms with van der Waals surface area (Å²) in [4.78, 5) is 0. The molecule has 3 heteroatoms. The fraction of sp³-hybridized carbons (Fsp3) is 0.538. The Bertz CT molecular complexity index is 289. The molecule has 0 aliphatic carbocycles.